The zero-order valence-corrected chi connectivity index (χ0v) is 31.9. The third-order valence-electron chi connectivity index (χ3n) is 9.30. The highest BCUT2D eigenvalue weighted by Gasteiger charge is 2.35. The molecule has 3 atom stereocenters. The average molecular weight is 763 g/mol. The number of nitrogens with one attached hydrogen (secondary N) is 4. The van der Waals surface area contributed by atoms with E-state index in [4.69, 9.17) is 0 Å². The third kappa shape index (κ3) is 11.6. The van der Waals surface area contributed by atoms with Crippen LogP contribution >= 0.6 is 0 Å². The highest BCUT2D eigenvalue weighted by molar-refractivity contribution is 7.89. The summed E-state index contributed by atoms with van der Waals surface area (Å²) >= 11 is 0. The van der Waals surface area contributed by atoms with E-state index in [1.807, 2.05) is 39.0 Å². The maximum Gasteiger partial charge on any atom is 0.326 e. The van der Waals surface area contributed by atoms with Crippen LogP contribution in [0.4, 0.5) is 16.2 Å². The van der Waals surface area contributed by atoms with Gasteiger partial charge in [0, 0.05) is 38.1 Å². The minimum atomic E-state index is -3.82. The largest absolute Gasteiger partial charge is 0.480 e. The van der Waals surface area contributed by atoms with Gasteiger partial charge in [0.15, 0.2) is 0 Å². The SMILES string of the molecule is Cc1ccccc1NC(=O)Nc1ccc(CC(=O)N(C)[C@@H](CC(C)C)C(=O)NCC[C@H](NC(=O)C2CCCN(S(=O)(=O)c3ccccc3)C2)C(=O)O)cc1. The van der Waals surface area contributed by atoms with Gasteiger partial charge in [0.1, 0.15) is 12.1 Å². The molecule has 1 heterocycles. The third-order valence-corrected chi connectivity index (χ3v) is 11.2. The van der Waals surface area contributed by atoms with Gasteiger partial charge < -0.3 is 31.3 Å². The van der Waals surface area contributed by atoms with Crippen molar-refractivity contribution in [3.63, 3.8) is 0 Å². The van der Waals surface area contributed by atoms with Gasteiger partial charge in [-0.2, -0.15) is 4.31 Å². The van der Waals surface area contributed by atoms with Crippen LogP contribution in [0.5, 0.6) is 0 Å². The van der Waals surface area contributed by atoms with Gasteiger partial charge in [-0.05, 0) is 80.0 Å². The summed E-state index contributed by atoms with van der Waals surface area (Å²) in [5.74, 6) is -3.30. The van der Waals surface area contributed by atoms with Gasteiger partial charge in [0.25, 0.3) is 0 Å². The van der Waals surface area contributed by atoms with E-state index in [2.05, 4.69) is 21.3 Å². The Morgan fingerprint density at radius 1 is 0.926 bits per heavy atom. The summed E-state index contributed by atoms with van der Waals surface area (Å²) < 4.78 is 27.5. The molecule has 3 aromatic rings. The monoisotopic (exact) mass is 762 g/mol. The Balaban J connectivity index is 1.29. The summed E-state index contributed by atoms with van der Waals surface area (Å²) in [5.41, 5.74) is 2.83. The Kier molecular flexibility index (Phi) is 14.7. The van der Waals surface area contributed by atoms with Gasteiger partial charge in [-0.25, -0.2) is 18.0 Å². The first-order chi connectivity index (χ1) is 25.6. The number of hydrogen-bond acceptors (Lipinski definition) is 7. The number of piperidine rings is 1. The molecule has 0 spiro atoms. The number of nitrogens with zero attached hydrogens (tertiary/aromatic N) is 2. The van der Waals surface area contributed by atoms with Crippen molar-refractivity contribution in [2.24, 2.45) is 11.8 Å². The number of hydrogen-bond donors (Lipinski definition) is 5. The fourth-order valence-corrected chi connectivity index (χ4v) is 7.73. The van der Waals surface area contributed by atoms with Crippen molar-refractivity contribution in [2.45, 2.75) is 69.9 Å². The minimum Gasteiger partial charge on any atom is -0.480 e. The van der Waals surface area contributed by atoms with Crippen LogP contribution in [0, 0.1) is 18.8 Å². The van der Waals surface area contributed by atoms with Crippen LogP contribution in [0.1, 0.15) is 50.7 Å². The number of carbonyl (C=O) groups excluding carboxylic acids is 4. The predicted molar refractivity (Wildman–Crippen MR) is 205 cm³/mol. The van der Waals surface area contributed by atoms with Crippen molar-refractivity contribution < 1.29 is 37.5 Å². The lowest BCUT2D eigenvalue weighted by molar-refractivity contribution is -0.143. The molecule has 15 heteroatoms. The normalized spacial score (nSPS) is 15.8. The van der Waals surface area contributed by atoms with Crippen LogP contribution in [0.25, 0.3) is 0 Å². The number of likely N-dealkylation sites (N-methyl/N-ethyl adjacent to an activating group) is 1. The number of aryl methyl sites for hydroxylation is 1. The molecular weight excluding hydrogens is 713 g/mol. The molecule has 0 saturated carbocycles. The predicted octanol–water partition coefficient (Wildman–Crippen LogP) is 4.23. The van der Waals surface area contributed by atoms with Crippen molar-refractivity contribution in [1.29, 1.82) is 0 Å². The zero-order valence-electron chi connectivity index (χ0n) is 31.1. The maximum atomic E-state index is 13.4. The number of aliphatic carboxylic acids is 1. The second kappa shape index (κ2) is 19.2. The molecule has 14 nitrogen and oxygen atoms in total. The molecule has 5 amide bonds. The van der Waals surface area contributed by atoms with Crippen LogP contribution in [-0.4, -0.2) is 91.2 Å². The highest BCUT2D eigenvalue weighted by atomic mass is 32.2. The number of carboxylic acid groups (broad SMARTS) is 1. The van der Waals surface area contributed by atoms with Gasteiger partial charge in [-0.15, -0.1) is 0 Å². The fraction of sp³-hybridized carbons (Fsp3) is 0.410. The van der Waals surface area contributed by atoms with E-state index in [-0.39, 0.29) is 49.2 Å². The van der Waals surface area contributed by atoms with Crippen LogP contribution < -0.4 is 21.3 Å². The molecular formula is C39H50N6O8S. The van der Waals surface area contributed by atoms with Crippen molar-refractivity contribution >= 4 is 51.1 Å². The highest BCUT2D eigenvalue weighted by Crippen LogP contribution is 2.24. The van der Waals surface area contributed by atoms with Crippen LogP contribution in [0.15, 0.2) is 83.8 Å². The van der Waals surface area contributed by atoms with Gasteiger partial charge in [0.2, 0.25) is 27.7 Å². The fourth-order valence-electron chi connectivity index (χ4n) is 6.19. The number of carboxylic acids is 1. The summed E-state index contributed by atoms with van der Waals surface area (Å²) in [4.78, 5) is 66.0. The molecule has 1 fully saturated rings. The molecule has 4 rings (SSSR count). The van der Waals surface area contributed by atoms with Crippen molar-refractivity contribution in [1.82, 2.24) is 19.8 Å². The number of amides is 5. The second-order valence-corrected chi connectivity index (χ2v) is 15.9. The van der Waals surface area contributed by atoms with E-state index in [0.717, 1.165) is 5.56 Å². The van der Waals surface area contributed by atoms with Gasteiger partial charge in [-0.3, -0.25) is 14.4 Å². The van der Waals surface area contributed by atoms with Gasteiger partial charge in [0.05, 0.1) is 17.2 Å². The Morgan fingerprint density at radius 2 is 1.59 bits per heavy atom. The first-order valence-corrected chi connectivity index (χ1v) is 19.4. The maximum absolute atomic E-state index is 13.4. The number of carbonyl (C=O) groups is 5. The number of anilines is 2. The first-order valence-electron chi connectivity index (χ1n) is 18.0. The number of sulfonamides is 1. The molecule has 1 aliphatic heterocycles. The van der Waals surface area contributed by atoms with Gasteiger partial charge in [-0.1, -0.05) is 62.4 Å². The number of benzene rings is 3. The molecule has 1 unspecified atom stereocenters. The van der Waals surface area contributed by atoms with E-state index in [0.29, 0.717) is 36.2 Å². The Hall–Kier alpha value is -5.28. The number of rotatable bonds is 16. The summed E-state index contributed by atoms with van der Waals surface area (Å²) in [6.45, 7) is 5.83. The lowest BCUT2D eigenvalue weighted by Gasteiger charge is -2.32. The topological polar surface area (TPSA) is 194 Å². The lowest BCUT2D eigenvalue weighted by Crippen LogP contribution is -2.51. The van der Waals surface area contributed by atoms with E-state index >= 15 is 0 Å². The zero-order chi connectivity index (χ0) is 39.4. The lowest BCUT2D eigenvalue weighted by atomic mass is 9.98. The molecule has 3 aromatic carbocycles. The quantitative estimate of drug-likeness (QED) is 0.143. The van der Waals surface area contributed by atoms with Crippen LogP contribution in [0.2, 0.25) is 0 Å². The van der Waals surface area contributed by atoms with Crippen LogP contribution in [0.3, 0.4) is 0 Å². The molecule has 290 valence electrons. The Morgan fingerprint density at radius 3 is 2.24 bits per heavy atom. The molecule has 0 radical (unpaired) electrons. The van der Waals surface area contributed by atoms with E-state index in [1.54, 1.807) is 55.6 Å². The molecule has 0 aliphatic carbocycles. The molecule has 0 bridgehead atoms. The van der Waals surface area contributed by atoms with E-state index < -0.39 is 51.8 Å². The number of para-hydroxylation sites is 1. The molecule has 1 saturated heterocycles. The van der Waals surface area contributed by atoms with Crippen molar-refractivity contribution in [3.8, 4) is 0 Å². The van der Waals surface area contributed by atoms with Crippen molar-refractivity contribution in [2.75, 3.05) is 37.3 Å². The summed E-state index contributed by atoms with van der Waals surface area (Å²) in [6.07, 6.45) is 1.08. The van der Waals surface area contributed by atoms with Gasteiger partial charge >= 0.3 is 12.0 Å². The molecule has 1 aliphatic rings. The Labute approximate surface area is 316 Å². The molecule has 0 aromatic heterocycles. The summed E-state index contributed by atoms with van der Waals surface area (Å²) in [6, 6.07) is 19.6. The van der Waals surface area contributed by atoms with E-state index in [1.165, 1.54) is 21.3 Å². The van der Waals surface area contributed by atoms with Crippen LogP contribution in [-0.2, 0) is 35.6 Å². The standard InChI is InChI=1S/C39H50N6O8S/c1-26(2)23-34(44(4)35(46)24-28-16-18-30(19-17-28)41-39(51)43-32-15-9-8-11-27(32)3)37(48)40-21-20-33(38(49)50)42-36(47)29-12-10-22-45(25-29)54(52,53)31-13-6-5-7-14-31/h5-9,11,13-19,26,29,33-34H,10,12,20-25H2,1-4H3,(H,40,48)(H,42,47)(H,49,50)(H2,41,43,51)/t29?,33-,34-/m0/s1. The smallest absolute Gasteiger partial charge is 0.326 e. The first kappa shape index (κ1) is 41.5. The summed E-state index contributed by atoms with van der Waals surface area (Å²) in [5, 5.41) is 20.7. The second-order valence-electron chi connectivity index (χ2n) is 13.9. The Bertz CT molecular complexity index is 1890. The summed E-state index contributed by atoms with van der Waals surface area (Å²) in [7, 11) is -2.27. The number of urea groups is 1. The van der Waals surface area contributed by atoms with Crippen molar-refractivity contribution in [3.05, 3.63) is 90.0 Å². The minimum absolute atomic E-state index is 0.00638. The van der Waals surface area contributed by atoms with E-state index in [9.17, 15) is 37.5 Å². The molecule has 54 heavy (non-hydrogen) atoms. The molecule has 5 N–H and O–H groups in total. The average Bonchev–Trinajstić information content (AvgIpc) is 3.15.